The normalized spacial score (nSPS) is 11.1. The van der Waals surface area contributed by atoms with E-state index in [1.165, 1.54) is 41.9 Å². The van der Waals surface area contributed by atoms with Gasteiger partial charge in [0.2, 0.25) is 11.8 Å². The number of amides is 2. The monoisotopic (exact) mass is 460 g/mol. The van der Waals surface area contributed by atoms with E-state index >= 15 is 0 Å². The quantitative estimate of drug-likeness (QED) is 0.637. The predicted molar refractivity (Wildman–Crippen MR) is 103 cm³/mol. The van der Waals surface area contributed by atoms with Gasteiger partial charge < -0.3 is 10.2 Å². The SMILES string of the molecule is CN(CC(=O)Nc1ccccc1C(F)(F)F)C(=O)CSc1ccc(Br)cc1. The summed E-state index contributed by atoms with van der Waals surface area (Å²) in [6.07, 6.45) is -4.58. The number of hydrogen-bond acceptors (Lipinski definition) is 3. The van der Waals surface area contributed by atoms with Crippen molar-refractivity contribution in [2.75, 3.05) is 24.7 Å². The summed E-state index contributed by atoms with van der Waals surface area (Å²) in [5.74, 6) is -0.886. The Bertz CT molecular complexity index is 813. The molecule has 0 aliphatic carbocycles. The number of rotatable bonds is 6. The van der Waals surface area contributed by atoms with Gasteiger partial charge in [-0.25, -0.2) is 0 Å². The first-order chi connectivity index (χ1) is 12.7. The highest BCUT2D eigenvalue weighted by Crippen LogP contribution is 2.34. The van der Waals surface area contributed by atoms with E-state index < -0.39 is 17.6 Å². The van der Waals surface area contributed by atoms with Crippen LogP contribution in [0.1, 0.15) is 5.56 Å². The maximum Gasteiger partial charge on any atom is 0.418 e. The Morgan fingerprint density at radius 2 is 1.74 bits per heavy atom. The number of nitrogens with zero attached hydrogens (tertiary/aromatic N) is 1. The summed E-state index contributed by atoms with van der Waals surface area (Å²) < 4.78 is 39.8. The molecule has 144 valence electrons. The van der Waals surface area contributed by atoms with Crippen LogP contribution >= 0.6 is 27.7 Å². The summed E-state index contributed by atoms with van der Waals surface area (Å²) in [5, 5.41) is 2.22. The average molecular weight is 461 g/mol. The largest absolute Gasteiger partial charge is 0.418 e. The lowest BCUT2D eigenvalue weighted by atomic mass is 10.1. The number of likely N-dealkylation sites (N-methyl/N-ethyl adjacent to an activating group) is 1. The van der Waals surface area contributed by atoms with Gasteiger partial charge in [0.15, 0.2) is 0 Å². The second kappa shape index (κ2) is 9.27. The van der Waals surface area contributed by atoms with Gasteiger partial charge in [0, 0.05) is 16.4 Å². The van der Waals surface area contributed by atoms with E-state index in [0.29, 0.717) is 0 Å². The second-order valence-electron chi connectivity index (χ2n) is 5.58. The Morgan fingerprint density at radius 1 is 1.11 bits per heavy atom. The molecule has 9 heteroatoms. The minimum Gasteiger partial charge on any atom is -0.336 e. The number of carbonyl (C=O) groups is 2. The molecule has 4 nitrogen and oxygen atoms in total. The number of nitrogens with one attached hydrogen (secondary N) is 1. The van der Waals surface area contributed by atoms with Gasteiger partial charge in [-0.15, -0.1) is 11.8 Å². The predicted octanol–water partition coefficient (Wildman–Crippen LogP) is 4.66. The van der Waals surface area contributed by atoms with Crippen molar-refractivity contribution in [3.8, 4) is 0 Å². The first kappa shape index (κ1) is 21.3. The molecule has 0 atom stereocenters. The average Bonchev–Trinajstić information content (AvgIpc) is 2.60. The Hall–Kier alpha value is -2.00. The Kier molecular flexibility index (Phi) is 7.32. The first-order valence-electron chi connectivity index (χ1n) is 7.75. The molecule has 0 aromatic heterocycles. The maximum absolute atomic E-state index is 13.0. The number of hydrogen-bond donors (Lipinski definition) is 1. The van der Waals surface area contributed by atoms with Gasteiger partial charge in [0.05, 0.1) is 23.5 Å². The van der Waals surface area contributed by atoms with E-state index in [-0.39, 0.29) is 23.9 Å². The Labute approximate surface area is 167 Å². The van der Waals surface area contributed by atoms with Gasteiger partial charge in [-0.1, -0.05) is 28.1 Å². The van der Waals surface area contributed by atoms with Crippen molar-refractivity contribution in [3.63, 3.8) is 0 Å². The maximum atomic E-state index is 13.0. The van der Waals surface area contributed by atoms with Crippen LogP contribution in [-0.2, 0) is 15.8 Å². The summed E-state index contributed by atoms with van der Waals surface area (Å²) in [7, 11) is 1.43. The highest BCUT2D eigenvalue weighted by molar-refractivity contribution is 9.10. The second-order valence-corrected chi connectivity index (χ2v) is 7.55. The number of halogens is 4. The summed E-state index contributed by atoms with van der Waals surface area (Å²) in [6, 6.07) is 12.1. The van der Waals surface area contributed by atoms with Crippen molar-refractivity contribution < 1.29 is 22.8 Å². The van der Waals surface area contributed by atoms with E-state index in [1.54, 1.807) is 0 Å². The van der Waals surface area contributed by atoms with E-state index in [1.807, 2.05) is 24.3 Å². The van der Waals surface area contributed by atoms with Crippen LogP contribution < -0.4 is 5.32 Å². The molecule has 0 saturated carbocycles. The molecular weight excluding hydrogens is 445 g/mol. The topological polar surface area (TPSA) is 49.4 Å². The lowest BCUT2D eigenvalue weighted by molar-refractivity contribution is -0.137. The summed E-state index contributed by atoms with van der Waals surface area (Å²) in [5.41, 5.74) is -1.27. The van der Waals surface area contributed by atoms with Crippen LogP contribution in [0.5, 0.6) is 0 Å². The van der Waals surface area contributed by atoms with Crippen LogP contribution in [0.3, 0.4) is 0 Å². The molecule has 0 spiro atoms. The van der Waals surface area contributed by atoms with Crippen LogP contribution in [0.4, 0.5) is 18.9 Å². The first-order valence-corrected chi connectivity index (χ1v) is 9.53. The fourth-order valence-corrected chi connectivity index (χ4v) is 3.22. The number of benzene rings is 2. The number of carbonyl (C=O) groups excluding carboxylic acids is 2. The third-order valence-electron chi connectivity index (χ3n) is 3.49. The Morgan fingerprint density at radius 3 is 2.37 bits per heavy atom. The smallest absolute Gasteiger partial charge is 0.336 e. The van der Waals surface area contributed by atoms with Gasteiger partial charge in [0.25, 0.3) is 0 Å². The zero-order valence-electron chi connectivity index (χ0n) is 14.2. The molecule has 0 radical (unpaired) electrons. The Balaban J connectivity index is 1.90. The van der Waals surface area contributed by atoms with Crippen molar-refractivity contribution >= 4 is 45.2 Å². The fraction of sp³-hybridized carbons (Fsp3) is 0.222. The van der Waals surface area contributed by atoms with Crippen molar-refractivity contribution in [1.29, 1.82) is 0 Å². The van der Waals surface area contributed by atoms with Crippen LogP contribution in [0.15, 0.2) is 57.9 Å². The molecule has 0 heterocycles. The molecular formula is C18H16BrF3N2O2S. The van der Waals surface area contributed by atoms with Crippen molar-refractivity contribution in [2.24, 2.45) is 0 Å². The van der Waals surface area contributed by atoms with Gasteiger partial charge in [-0.2, -0.15) is 13.2 Å². The zero-order chi connectivity index (χ0) is 20.0. The molecule has 0 saturated heterocycles. The van der Waals surface area contributed by atoms with Crippen molar-refractivity contribution in [1.82, 2.24) is 4.90 Å². The zero-order valence-corrected chi connectivity index (χ0v) is 16.6. The molecule has 2 rings (SSSR count). The molecule has 0 aliphatic rings. The molecule has 2 aromatic rings. The minimum absolute atomic E-state index is 0.116. The number of para-hydroxylation sites is 1. The lowest BCUT2D eigenvalue weighted by Crippen LogP contribution is -2.36. The van der Waals surface area contributed by atoms with E-state index in [2.05, 4.69) is 21.2 Å². The number of thioether (sulfide) groups is 1. The van der Waals surface area contributed by atoms with E-state index in [9.17, 15) is 22.8 Å². The molecule has 0 bridgehead atoms. The van der Waals surface area contributed by atoms with Gasteiger partial charge >= 0.3 is 6.18 Å². The minimum atomic E-state index is -4.58. The highest BCUT2D eigenvalue weighted by Gasteiger charge is 2.33. The third-order valence-corrected chi connectivity index (χ3v) is 5.01. The van der Waals surface area contributed by atoms with E-state index in [4.69, 9.17) is 0 Å². The van der Waals surface area contributed by atoms with Crippen molar-refractivity contribution in [3.05, 3.63) is 58.6 Å². The van der Waals surface area contributed by atoms with Gasteiger partial charge in [-0.05, 0) is 36.4 Å². The highest BCUT2D eigenvalue weighted by atomic mass is 79.9. The summed E-state index contributed by atoms with van der Waals surface area (Å²) >= 11 is 4.63. The lowest BCUT2D eigenvalue weighted by Gasteiger charge is -2.18. The van der Waals surface area contributed by atoms with Crippen LogP contribution in [-0.4, -0.2) is 36.1 Å². The molecule has 2 amide bonds. The summed E-state index contributed by atoms with van der Waals surface area (Å²) in [6.45, 7) is -0.341. The number of anilines is 1. The number of alkyl halides is 3. The van der Waals surface area contributed by atoms with E-state index in [0.717, 1.165) is 15.4 Å². The van der Waals surface area contributed by atoms with Gasteiger partial charge in [-0.3, -0.25) is 9.59 Å². The van der Waals surface area contributed by atoms with Crippen LogP contribution in [0.2, 0.25) is 0 Å². The standard InChI is InChI=1S/C18H16BrF3N2O2S/c1-24(17(26)11-27-13-8-6-12(19)7-9-13)10-16(25)23-15-5-3-2-4-14(15)18(20,21)22/h2-9H,10-11H2,1H3,(H,23,25). The summed E-state index contributed by atoms with van der Waals surface area (Å²) in [4.78, 5) is 26.2. The van der Waals surface area contributed by atoms with Crippen LogP contribution in [0.25, 0.3) is 0 Å². The van der Waals surface area contributed by atoms with Gasteiger partial charge in [0.1, 0.15) is 0 Å². The molecule has 2 aromatic carbocycles. The third kappa shape index (κ3) is 6.59. The molecule has 1 N–H and O–H groups in total. The molecule has 27 heavy (non-hydrogen) atoms. The molecule has 0 fully saturated rings. The molecule has 0 aliphatic heterocycles. The molecule has 0 unspecified atom stereocenters. The van der Waals surface area contributed by atoms with Crippen LogP contribution in [0, 0.1) is 0 Å². The fourth-order valence-electron chi connectivity index (χ4n) is 2.12. The van der Waals surface area contributed by atoms with Crippen molar-refractivity contribution in [2.45, 2.75) is 11.1 Å².